The van der Waals surface area contributed by atoms with Gasteiger partial charge in [0.1, 0.15) is 18.0 Å². The van der Waals surface area contributed by atoms with Gasteiger partial charge >= 0.3 is 0 Å². The fourth-order valence-electron chi connectivity index (χ4n) is 3.69. The van der Waals surface area contributed by atoms with Gasteiger partial charge < -0.3 is 9.84 Å². The Balaban J connectivity index is 1.52. The van der Waals surface area contributed by atoms with Crippen molar-refractivity contribution in [3.63, 3.8) is 0 Å². The number of phenols is 1. The van der Waals surface area contributed by atoms with E-state index < -0.39 is 5.91 Å². The third kappa shape index (κ3) is 3.31. The highest BCUT2D eigenvalue weighted by molar-refractivity contribution is 6.06. The molecule has 2 N–H and O–H groups in total. The van der Waals surface area contributed by atoms with Gasteiger partial charge in [0.05, 0.1) is 11.4 Å². The minimum absolute atomic E-state index is 0.0979. The summed E-state index contributed by atoms with van der Waals surface area (Å²) in [7, 11) is 0. The van der Waals surface area contributed by atoms with Crippen LogP contribution in [-0.4, -0.2) is 35.8 Å². The Morgan fingerprint density at radius 2 is 2.07 bits per heavy atom. The smallest absolute Gasteiger partial charge is 0.265 e. The monoisotopic (exact) mass is 379 g/mol. The average molecular weight is 379 g/mol. The van der Waals surface area contributed by atoms with Crippen LogP contribution in [0.1, 0.15) is 29.5 Å². The summed E-state index contributed by atoms with van der Waals surface area (Å²) < 4.78 is 5.39. The van der Waals surface area contributed by atoms with E-state index in [4.69, 9.17) is 4.74 Å². The van der Waals surface area contributed by atoms with Crippen LogP contribution in [0.15, 0.2) is 41.5 Å². The number of aromatic hydroxyl groups is 1. The van der Waals surface area contributed by atoms with Crippen molar-refractivity contribution in [2.24, 2.45) is 5.10 Å². The Morgan fingerprint density at radius 3 is 2.93 bits per heavy atom. The number of aryl methyl sites for hydroxylation is 1. The zero-order chi connectivity index (χ0) is 19.7. The summed E-state index contributed by atoms with van der Waals surface area (Å²) in [5.74, 6) is 0.0583. The average Bonchev–Trinajstić information content (AvgIpc) is 2.71. The van der Waals surface area contributed by atoms with Crippen LogP contribution >= 0.6 is 0 Å². The molecule has 144 valence electrons. The van der Waals surface area contributed by atoms with Crippen molar-refractivity contribution >= 4 is 23.2 Å². The molecule has 4 rings (SSSR count). The Labute approximate surface area is 162 Å². The van der Waals surface area contributed by atoms with Gasteiger partial charge in [-0.15, -0.1) is 0 Å². The number of rotatable bonds is 3. The van der Waals surface area contributed by atoms with Crippen LogP contribution in [0, 0.1) is 6.92 Å². The van der Waals surface area contributed by atoms with Gasteiger partial charge in [-0.05, 0) is 55.5 Å². The molecule has 28 heavy (non-hydrogen) atoms. The van der Waals surface area contributed by atoms with Crippen LogP contribution in [0.3, 0.4) is 0 Å². The minimum Gasteiger partial charge on any atom is -0.507 e. The first kappa shape index (κ1) is 18.0. The van der Waals surface area contributed by atoms with E-state index in [1.54, 1.807) is 24.3 Å². The number of hydrazone groups is 1. The molecule has 0 atom stereocenters. The molecule has 7 nitrogen and oxygen atoms in total. The molecule has 0 aromatic heterocycles. The van der Waals surface area contributed by atoms with Gasteiger partial charge in [-0.1, -0.05) is 18.2 Å². The zero-order valence-electron chi connectivity index (χ0n) is 15.6. The predicted octanol–water partition coefficient (Wildman–Crippen LogP) is 2.28. The second-order valence-corrected chi connectivity index (χ2v) is 6.94. The van der Waals surface area contributed by atoms with Crippen molar-refractivity contribution in [3.8, 4) is 11.5 Å². The molecule has 0 radical (unpaired) electrons. The van der Waals surface area contributed by atoms with Crippen LogP contribution in [-0.2, 0) is 16.0 Å². The summed E-state index contributed by atoms with van der Waals surface area (Å²) in [6.45, 7) is 1.75. The highest BCUT2D eigenvalue weighted by Gasteiger charge is 2.27. The summed E-state index contributed by atoms with van der Waals surface area (Å²) >= 11 is 0. The third-order valence-electron chi connectivity index (χ3n) is 5.08. The lowest BCUT2D eigenvalue weighted by molar-refractivity contribution is -0.125. The topological polar surface area (TPSA) is 91.2 Å². The molecule has 0 bridgehead atoms. The molecule has 0 saturated heterocycles. The highest BCUT2D eigenvalue weighted by atomic mass is 16.5. The summed E-state index contributed by atoms with van der Waals surface area (Å²) in [6, 6.07) is 10.6. The van der Waals surface area contributed by atoms with Crippen molar-refractivity contribution in [1.82, 2.24) is 5.43 Å². The van der Waals surface area contributed by atoms with Crippen LogP contribution in [0.4, 0.5) is 5.69 Å². The van der Waals surface area contributed by atoms with Crippen molar-refractivity contribution in [1.29, 1.82) is 0 Å². The molecule has 1 aliphatic carbocycles. The largest absolute Gasteiger partial charge is 0.507 e. The molecular weight excluding hydrogens is 358 g/mol. The molecule has 1 aliphatic heterocycles. The molecular formula is C21H21N3O4. The molecule has 0 fully saturated rings. The SMILES string of the molecule is Cc1ccc(O)c2c1CCC/C2=N\NC(=O)CN1C(=O)COc2ccccc21. The van der Waals surface area contributed by atoms with Crippen LogP contribution in [0.5, 0.6) is 11.5 Å². The number of nitrogens with one attached hydrogen (secondary N) is 1. The Hall–Kier alpha value is -3.35. The normalized spacial score (nSPS) is 17.0. The number of nitrogens with zero attached hydrogens (tertiary/aromatic N) is 2. The number of hydrogen-bond acceptors (Lipinski definition) is 5. The molecule has 0 unspecified atom stereocenters. The standard InChI is InChI=1S/C21H21N3O4/c1-13-9-10-17(25)21-14(13)5-4-6-15(21)22-23-19(26)11-24-16-7-2-3-8-18(16)28-12-20(24)27/h2-3,7-10,25H,4-6,11-12H2,1H3,(H,23,26)/b22-15+. The number of ether oxygens (including phenoxy) is 1. The van der Waals surface area contributed by atoms with Gasteiger partial charge in [0.25, 0.3) is 11.8 Å². The molecule has 2 aliphatic rings. The number of anilines is 1. The second kappa shape index (κ2) is 7.34. The summed E-state index contributed by atoms with van der Waals surface area (Å²) in [5.41, 5.74) is 6.64. The first-order valence-corrected chi connectivity index (χ1v) is 9.24. The van der Waals surface area contributed by atoms with Crippen LogP contribution in [0.25, 0.3) is 0 Å². The highest BCUT2D eigenvalue weighted by Crippen LogP contribution is 2.32. The van der Waals surface area contributed by atoms with E-state index in [-0.39, 0.29) is 24.8 Å². The van der Waals surface area contributed by atoms with Crippen molar-refractivity contribution in [3.05, 3.63) is 53.1 Å². The van der Waals surface area contributed by atoms with Gasteiger partial charge in [-0.25, -0.2) is 5.43 Å². The zero-order valence-corrected chi connectivity index (χ0v) is 15.6. The van der Waals surface area contributed by atoms with Gasteiger partial charge in [0.2, 0.25) is 0 Å². The molecule has 7 heteroatoms. The maximum absolute atomic E-state index is 12.5. The number of hydrogen-bond donors (Lipinski definition) is 2. The van der Waals surface area contributed by atoms with Crippen molar-refractivity contribution in [2.45, 2.75) is 26.2 Å². The third-order valence-corrected chi connectivity index (χ3v) is 5.08. The van der Waals surface area contributed by atoms with E-state index in [2.05, 4.69) is 10.5 Å². The lowest BCUT2D eigenvalue weighted by Gasteiger charge is -2.28. The second-order valence-electron chi connectivity index (χ2n) is 6.94. The fourth-order valence-corrected chi connectivity index (χ4v) is 3.69. The lowest BCUT2D eigenvalue weighted by atomic mass is 9.86. The van der Waals surface area contributed by atoms with Gasteiger partial charge in [-0.2, -0.15) is 5.10 Å². The summed E-state index contributed by atoms with van der Waals surface area (Å²) in [5, 5.41) is 14.5. The number of fused-ring (bicyclic) bond motifs is 2. The maximum Gasteiger partial charge on any atom is 0.265 e. The van der Waals surface area contributed by atoms with Crippen molar-refractivity contribution in [2.75, 3.05) is 18.1 Å². The Morgan fingerprint density at radius 1 is 1.25 bits per heavy atom. The molecule has 2 aromatic carbocycles. The lowest BCUT2D eigenvalue weighted by Crippen LogP contribution is -2.44. The number of carbonyl (C=O) groups is 2. The van der Waals surface area contributed by atoms with E-state index in [1.165, 1.54) is 4.90 Å². The van der Waals surface area contributed by atoms with E-state index in [9.17, 15) is 14.7 Å². The first-order valence-electron chi connectivity index (χ1n) is 9.24. The number of benzene rings is 2. The number of phenolic OH excluding ortho intramolecular Hbond substituents is 1. The molecule has 2 amide bonds. The Bertz CT molecular complexity index is 984. The van der Waals surface area contributed by atoms with E-state index in [0.29, 0.717) is 29.1 Å². The quantitative estimate of drug-likeness (QED) is 0.801. The fraction of sp³-hybridized carbons (Fsp3) is 0.286. The maximum atomic E-state index is 12.5. The summed E-state index contributed by atoms with van der Waals surface area (Å²) in [6.07, 6.45) is 2.45. The van der Waals surface area contributed by atoms with E-state index in [0.717, 1.165) is 24.0 Å². The molecule has 1 heterocycles. The van der Waals surface area contributed by atoms with E-state index >= 15 is 0 Å². The van der Waals surface area contributed by atoms with Gasteiger partial charge in [-0.3, -0.25) is 14.5 Å². The van der Waals surface area contributed by atoms with Gasteiger partial charge in [0, 0.05) is 5.56 Å². The molecule has 2 aromatic rings. The number of carbonyl (C=O) groups excluding carboxylic acids is 2. The Kier molecular flexibility index (Phi) is 4.73. The number of amides is 2. The predicted molar refractivity (Wildman–Crippen MR) is 105 cm³/mol. The van der Waals surface area contributed by atoms with Gasteiger partial charge in [0.15, 0.2) is 6.61 Å². The number of para-hydroxylation sites is 2. The summed E-state index contributed by atoms with van der Waals surface area (Å²) in [4.78, 5) is 26.0. The van der Waals surface area contributed by atoms with E-state index in [1.807, 2.05) is 19.1 Å². The first-order chi connectivity index (χ1) is 13.5. The molecule has 0 saturated carbocycles. The molecule has 0 spiro atoms. The van der Waals surface area contributed by atoms with Crippen molar-refractivity contribution < 1.29 is 19.4 Å². The van der Waals surface area contributed by atoms with Crippen LogP contribution in [0.2, 0.25) is 0 Å². The minimum atomic E-state index is -0.406. The van der Waals surface area contributed by atoms with Crippen LogP contribution < -0.4 is 15.1 Å².